The van der Waals surface area contributed by atoms with Crippen molar-refractivity contribution in [3.8, 4) is 0 Å². The number of rotatable bonds is 2. The molecule has 15 heavy (non-hydrogen) atoms. The van der Waals surface area contributed by atoms with Crippen LogP contribution in [-0.4, -0.2) is 29.1 Å². The molecule has 2 atom stereocenters. The molecule has 0 amide bonds. The number of hydrogen-bond acceptors (Lipinski definition) is 4. The molecule has 2 rings (SSSR count). The summed E-state index contributed by atoms with van der Waals surface area (Å²) < 4.78 is 0. The summed E-state index contributed by atoms with van der Waals surface area (Å²) in [5.41, 5.74) is 0. The maximum absolute atomic E-state index is 11.0. The quantitative estimate of drug-likeness (QED) is 0.833. The van der Waals surface area contributed by atoms with Gasteiger partial charge in [0.2, 0.25) is 0 Å². The average molecular weight is 226 g/mol. The van der Waals surface area contributed by atoms with Crippen LogP contribution < -0.4 is 4.90 Å². The highest BCUT2D eigenvalue weighted by Crippen LogP contribution is 2.27. The van der Waals surface area contributed by atoms with Gasteiger partial charge in [-0.25, -0.2) is 4.98 Å². The summed E-state index contributed by atoms with van der Waals surface area (Å²) in [6, 6.07) is 0. The van der Waals surface area contributed by atoms with E-state index in [4.69, 9.17) is 5.11 Å². The fraction of sp³-hybridized carbons (Fsp3) is 0.600. The summed E-state index contributed by atoms with van der Waals surface area (Å²) in [5.74, 6) is -0.524. The van der Waals surface area contributed by atoms with Gasteiger partial charge in [0.25, 0.3) is 0 Å². The summed E-state index contributed by atoms with van der Waals surface area (Å²) in [5, 5.41) is 11.9. The molecule has 1 saturated heterocycles. The van der Waals surface area contributed by atoms with Gasteiger partial charge in [0.1, 0.15) is 0 Å². The van der Waals surface area contributed by atoms with Crippen molar-refractivity contribution < 1.29 is 9.90 Å². The van der Waals surface area contributed by atoms with Crippen LogP contribution in [0.2, 0.25) is 0 Å². The van der Waals surface area contributed by atoms with Crippen molar-refractivity contribution in [2.45, 2.75) is 13.3 Å². The second-order valence-corrected chi connectivity index (χ2v) is 4.97. The number of piperidine rings is 1. The Labute approximate surface area is 92.6 Å². The summed E-state index contributed by atoms with van der Waals surface area (Å²) in [6.45, 7) is 3.60. The Kier molecular flexibility index (Phi) is 2.90. The first-order chi connectivity index (χ1) is 7.16. The normalized spacial score (nSPS) is 26.6. The second-order valence-electron chi connectivity index (χ2n) is 4.10. The molecule has 1 N–H and O–H groups in total. The minimum Gasteiger partial charge on any atom is -0.481 e. The fourth-order valence-electron chi connectivity index (χ4n) is 2.06. The van der Waals surface area contributed by atoms with Gasteiger partial charge >= 0.3 is 5.97 Å². The van der Waals surface area contributed by atoms with E-state index in [1.54, 1.807) is 17.5 Å². The van der Waals surface area contributed by atoms with Crippen LogP contribution in [0.3, 0.4) is 0 Å². The minimum atomic E-state index is -0.692. The number of carbonyl (C=O) groups is 1. The first-order valence-corrected chi connectivity index (χ1v) is 5.92. The highest BCUT2D eigenvalue weighted by molar-refractivity contribution is 7.13. The van der Waals surface area contributed by atoms with E-state index in [0.29, 0.717) is 12.5 Å². The maximum Gasteiger partial charge on any atom is 0.308 e. The molecular formula is C10H14N2O2S. The van der Waals surface area contributed by atoms with Crippen molar-refractivity contribution in [3.63, 3.8) is 0 Å². The largest absolute Gasteiger partial charge is 0.481 e. The molecule has 1 aromatic heterocycles. The minimum absolute atomic E-state index is 0.252. The van der Waals surface area contributed by atoms with E-state index >= 15 is 0 Å². The molecule has 0 bridgehead atoms. The van der Waals surface area contributed by atoms with Crippen LogP contribution >= 0.6 is 11.3 Å². The highest BCUT2D eigenvalue weighted by atomic mass is 32.1. The number of anilines is 1. The Morgan fingerprint density at radius 1 is 1.67 bits per heavy atom. The zero-order valence-electron chi connectivity index (χ0n) is 8.59. The Bertz CT molecular complexity index is 339. The van der Waals surface area contributed by atoms with Crippen molar-refractivity contribution in [2.24, 2.45) is 11.8 Å². The van der Waals surface area contributed by atoms with Crippen molar-refractivity contribution >= 4 is 22.4 Å². The zero-order chi connectivity index (χ0) is 10.8. The molecular weight excluding hydrogens is 212 g/mol. The highest BCUT2D eigenvalue weighted by Gasteiger charge is 2.30. The molecule has 0 saturated carbocycles. The number of aliphatic carboxylic acids is 1. The molecule has 1 aliphatic rings. The molecule has 0 aliphatic carbocycles. The van der Waals surface area contributed by atoms with Crippen molar-refractivity contribution in [1.82, 2.24) is 4.98 Å². The Balaban J connectivity index is 2.10. The van der Waals surface area contributed by atoms with Gasteiger partial charge in [-0.2, -0.15) is 0 Å². The molecule has 0 aromatic carbocycles. The predicted molar refractivity (Wildman–Crippen MR) is 59.2 cm³/mol. The third kappa shape index (κ3) is 2.28. The third-order valence-corrected chi connectivity index (χ3v) is 3.53. The van der Waals surface area contributed by atoms with Gasteiger partial charge in [0.15, 0.2) is 5.13 Å². The van der Waals surface area contributed by atoms with Gasteiger partial charge < -0.3 is 10.0 Å². The fourth-order valence-corrected chi connectivity index (χ4v) is 2.72. The first-order valence-electron chi connectivity index (χ1n) is 5.04. The van der Waals surface area contributed by atoms with Crippen LogP contribution in [-0.2, 0) is 4.79 Å². The zero-order valence-corrected chi connectivity index (χ0v) is 9.41. The van der Waals surface area contributed by atoms with E-state index in [-0.39, 0.29) is 5.92 Å². The van der Waals surface area contributed by atoms with E-state index in [2.05, 4.69) is 16.8 Å². The van der Waals surface area contributed by atoms with Crippen LogP contribution in [0.4, 0.5) is 5.13 Å². The lowest BCUT2D eigenvalue weighted by Crippen LogP contribution is -2.42. The number of carboxylic acid groups (broad SMARTS) is 1. The molecule has 0 radical (unpaired) electrons. The first kappa shape index (κ1) is 10.4. The van der Waals surface area contributed by atoms with Crippen molar-refractivity contribution in [3.05, 3.63) is 11.6 Å². The molecule has 5 heteroatoms. The van der Waals surface area contributed by atoms with Gasteiger partial charge in [-0.1, -0.05) is 6.92 Å². The third-order valence-electron chi connectivity index (χ3n) is 2.70. The summed E-state index contributed by atoms with van der Waals surface area (Å²) >= 11 is 1.57. The Morgan fingerprint density at radius 2 is 2.47 bits per heavy atom. The van der Waals surface area contributed by atoms with E-state index < -0.39 is 5.97 Å². The molecule has 4 nitrogen and oxygen atoms in total. The van der Waals surface area contributed by atoms with Gasteiger partial charge in [-0.3, -0.25) is 4.79 Å². The summed E-state index contributed by atoms with van der Waals surface area (Å²) in [4.78, 5) is 17.3. The predicted octanol–water partition coefficient (Wildman–Crippen LogP) is 1.69. The molecule has 0 spiro atoms. The van der Waals surface area contributed by atoms with Crippen LogP contribution in [0, 0.1) is 11.8 Å². The average Bonchev–Trinajstić information content (AvgIpc) is 2.69. The molecule has 1 fully saturated rings. The summed E-state index contributed by atoms with van der Waals surface area (Å²) in [7, 11) is 0. The van der Waals surface area contributed by atoms with Crippen LogP contribution in [0.15, 0.2) is 11.6 Å². The number of hydrogen-bond donors (Lipinski definition) is 1. The molecule has 2 heterocycles. The van der Waals surface area contributed by atoms with Gasteiger partial charge in [-0.15, -0.1) is 11.3 Å². The topological polar surface area (TPSA) is 53.4 Å². The number of aromatic nitrogens is 1. The van der Waals surface area contributed by atoms with Crippen LogP contribution in [0.5, 0.6) is 0 Å². The Hall–Kier alpha value is -1.10. The van der Waals surface area contributed by atoms with E-state index in [0.717, 1.165) is 18.1 Å². The monoisotopic (exact) mass is 226 g/mol. The van der Waals surface area contributed by atoms with Crippen molar-refractivity contribution in [2.75, 3.05) is 18.0 Å². The van der Waals surface area contributed by atoms with E-state index in [1.165, 1.54) is 0 Å². The molecule has 82 valence electrons. The summed E-state index contributed by atoms with van der Waals surface area (Å²) in [6.07, 6.45) is 2.53. The van der Waals surface area contributed by atoms with Crippen LogP contribution in [0.1, 0.15) is 13.3 Å². The molecule has 1 aromatic rings. The van der Waals surface area contributed by atoms with Gasteiger partial charge in [0.05, 0.1) is 5.92 Å². The number of thiazole rings is 1. The Morgan fingerprint density at radius 3 is 3.07 bits per heavy atom. The van der Waals surface area contributed by atoms with Crippen molar-refractivity contribution in [1.29, 1.82) is 0 Å². The van der Waals surface area contributed by atoms with E-state index in [1.807, 2.05) is 5.38 Å². The smallest absolute Gasteiger partial charge is 0.308 e. The SMILES string of the molecule is CC1CC(C(=O)O)CN(c2nccs2)C1. The number of nitrogens with zero attached hydrogens (tertiary/aromatic N) is 2. The van der Waals surface area contributed by atoms with E-state index in [9.17, 15) is 4.79 Å². The molecule has 2 unspecified atom stereocenters. The maximum atomic E-state index is 11.0. The lowest BCUT2D eigenvalue weighted by molar-refractivity contribution is -0.142. The second kappa shape index (κ2) is 4.18. The standard InChI is InChI=1S/C10H14N2O2S/c1-7-4-8(9(13)14)6-12(5-7)10-11-2-3-15-10/h2-3,7-8H,4-6H2,1H3,(H,13,14). The van der Waals surface area contributed by atoms with Crippen LogP contribution in [0.25, 0.3) is 0 Å². The molecule has 1 aliphatic heterocycles. The lowest BCUT2D eigenvalue weighted by Gasteiger charge is -2.34. The van der Waals surface area contributed by atoms with Gasteiger partial charge in [-0.05, 0) is 12.3 Å². The van der Waals surface area contributed by atoms with Gasteiger partial charge in [0, 0.05) is 24.7 Å². The number of carboxylic acids is 1. The lowest BCUT2D eigenvalue weighted by atomic mass is 9.91.